The second kappa shape index (κ2) is 8.87. The zero-order chi connectivity index (χ0) is 20.9. The fraction of sp³-hybridized carbons (Fsp3) is 0.280. The number of hydrogen-bond acceptors (Lipinski definition) is 3. The first kappa shape index (κ1) is 19.8. The molecule has 0 spiro atoms. The van der Waals surface area contributed by atoms with Crippen LogP contribution in [0.4, 0.5) is 0 Å². The Morgan fingerprint density at radius 3 is 2.60 bits per heavy atom. The van der Waals surface area contributed by atoms with E-state index in [-0.39, 0.29) is 11.5 Å². The van der Waals surface area contributed by atoms with Crippen LogP contribution in [0.2, 0.25) is 0 Å². The van der Waals surface area contributed by atoms with E-state index in [1.807, 2.05) is 54.7 Å². The van der Waals surface area contributed by atoms with E-state index in [1.54, 1.807) is 11.0 Å². The van der Waals surface area contributed by atoms with Crippen LogP contribution in [0.5, 0.6) is 5.75 Å². The van der Waals surface area contributed by atoms with Crippen LogP contribution in [-0.2, 0) is 11.3 Å². The molecule has 152 valence electrons. The molecule has 0 radical (unpaired) electrons. The smallest absolute Gasteiger partial charge is 0.264 e. The van der Waals surface area contributed by atoms with Crippen molar-refractivity contribution in [1.82, 2.24) is 9.47 Å². The number of benzene rings is 2. The normalized spacial score (nSPS) is 14.1. The zero-order valence-corrected chi connectivity index (χ0v) is 17.2. The molecule has 30 heavy (non-hydrogen) atoms. The lowest BCUT2D eigenvalue weighted by Gasteiger charge is -2.13. The summed E-state index contributed by atoms with van der Waals surface area (Å²) in [5.74, 6) is 0.676. The average Bonchev–Trinajstić information content (AvgIpc) is 3.42. The summed E-state index contributed by atoms with van der Waals surface area (Å²) in [6.07, 6.45) is 5.73. The summed E-state index contributed by atoms with van der Waals surface area (Å²) < 4.78 is 8.00. The maximum absolute atomic E-state index is 12.7. The molecule has 0 aliphatic carbocycles. The molecule has 1 amide bonds. The molecule has 1 aliphatic rings. The summed E-state index contributed by atoms with van der Waals surface area (Å²) in [5.41, 5.74) is 3.33. The lowest BCUT2D eigenvalue weighted by atomic mass is 10.1. The van der Waals surface area contributed by atoms with Gasteiger partial charge in [0.05, 0.1) is 6.54 Å². The number of ether oxygens (including phenoxy) is 1. The second-order valence-corrected chi connectivity index (χ2v) is 7.63. The number of amides is 1. The molecular weight excluding hydrogens is 374 g/mol. The van der Waals surface area contributed by atoms with Crippen LogP contribution in [0.15, 0.2) is 60.3 Å². The fourth-order valence-corrected chi connectivity index (χ4v) is 3.86. The SMILES string of the molecule is Cc1ccc(OCCn2cc(/C=C(/C#N)C(=O)N3CCCC3)c3ccccc32)cc1. The van der Waals surface area contributed by atoms with Crippen molar-refractivity contribution in [3.8, 4) is 11.8 Å². The molecule has 0 unspecified atom stereocenters. The van der Waals surface area contributed by atoms with E-state index in [2.05, 4.69) is 17.6 Å². The van der Waals surface area contributed by atoms with Crippen molar-refractivity contribution in [2.75, 3.05) is 19.7 Å². The fourth-order valence-electron chi connectivity index (χ4n) is 3.86. The number of rotatable bonds is 6. The molecule has 0 saturated carbocycles. The third-order valence-corrected chi connectivity index (χ3v) is 5.49. The van der Waals surface area contributed by atoms with Crippen LogP contribution >= 0.6 is 0 Å². The number of nitrogens with zero attached hydrogens (tertiary/aromatic N) is 3. The summed E-state index contributed by atoms with van der Waals surface area (Å²) in [6.45, 7) is 4.72. The zero-order valence-electron chi connectivity index (χ0n) is 17.2. The van der Waals surface area contributed by atoms with Gasteiger partial charge in [-0.3, -0.25) is 4.79 Å². The Morgan fingerprint density at radius 2 is 1.87 bits per heavy atom. The Hall–Kier alpha value is -3.52. The number of carbonyl (C=O) groups is 1. The van der Waals surface area contributed by atoms with Gasteiger partial charge in [-0.1, -0.05) is 35.9 Å². The first-order valence-electron chi connectivity index (χ1n) is 10.3. The molecule has 0 bridgehead atoms. The first-order chi connectivity index (χ1) is 14.7. The predicted octanol–water partition coefficient (Wildman–Crippen LogP) is 4.56. The second-order valence-electron chi connectivity index (χ2n) is 7.63. The molecule has 1 aromatic heterocycles. The van der Waals surface area contributed by atoms with E-state index in [0.29, 0.717) is 13.2 Å². The van der Waals surface area contributed by atoms with E-state index in [0.717, 1.165) is 48.1 Å². The summed E-state index contributed by atoms with van der Waals surface area (Å²) in [5, 5.41) is 10.6. The standard InChI is InChI=1S/C25H25N3O2/c1-19-8-10-22(11-9-19)30-15-14-28-18-21(23-6-2-3-7-24(23)28)16-20(17-26)25(29)27-12-4-5-13-27/h2-3,6-11,16,18H,4-5,12-15H2,1H3/b20-16-. The van der Waals surface area contributed by atoms with Gasteiger partial charge in [0.1, 0.15) is 24.0 Å². The largest absolute Gasteiger partial charge is 0.492 e. The van der Waals surface area contributed by atoms with Gasteiger partial charge in [-0.2, -0.15) is 5.26 Å². The van der Waals surface area contributed by atoms with E-state index < -0.39 is 0 Å². The number of carbonyl (C=O) groups excluding carboxylic acids is 1. The molecule has 0 atom stereocenters. The lowest BCUT2D eigenvalue weighted by Crippen LogP contribution is -2.28. The highest BCUT2D eigenvalue weighted by atomic mass is 16.5. The first-order valence-corrected chi connectivity index (χ1v) is 10.3. The minimum Gasteiger partial charge on any atom is -0.492 e. The molecule has 5 nitrogen and oxygen atoms in total. The molecule has 2 aromatic carbocycles. The van der Waals surface area contributed by atoms with Crippen molar-refractivity contribution >= 4 is 22.9 Å². The number of para-hydroxylation sites is 1. The topological polar surface area (TPSA) is 58.3 Å². The molecule has 5 heteroatoms. The summed E-state index contributed by atoms with van der Waals surface area (Å²) in [4.78, 5) is 14.5. The van der Waals surface area contributed by atoms with E-state index in [1.165, 1.54) is 5.56 Å². The number of nitriles is 1. The van der Waals surface area contributed by atoms with Crippen LogP contribution in [0.25, 0.3) is 17.0 Å². The third-order valence-electron chi connectivity index (χ3n) is 5.49. The Morgan fingerprint density at radius 1 is 1.13 bits per heavy atom. The monoisotopic (exact) mass is 399 g/mol. The Labute approximate surface area is 176 Å². The van der Waals surface area contributed by atoms with Crippen molar-refractivity contribution in [1.29, 1.82) is 5.26 Å². The predicted molar refractivity (Wildman–Crippen MR) is 118 cm³/mol. The van der Waals surface area contributed by atoms with Crippen LogP contribution < -0.4 is 4.74 Å². The van der Waals surface area contributed by atoms with Crippen molar-refractivity contribution in [2.24, 2.45) is 0 Å². The molecule has 4 rings (SSSR count). The lowest BCUT2D eigenvalue weighted by molar-refractivity contribution is -0.125. The van der Waals surface area contributed by atoms with Gasteiger partial charge in [0.25, 0.3) is 5.91 Å². The molecule has 1 saturated heterocycles. The van der Waals surface area contributed by atoms with Gasteiger partial charge < -0.3 is 14.2 Å². The number of aryl methyl sites for hydroxylation is 1. The van der Waals surface area contributed by atoms with Gasteiger partial charge in [-0.15, -0.1) is 0 Å². The van der Waals surface area contributed by atoms with Gasteiger partial charge in [0.15, 0.2) is 0 Å². The Bertz CT molecular complexity index is 1110. The maximum atomic E-state index is 12.7. The van der Waals surface area contributed by atoms with E-state index in [9.17, 15) is 10.1 Å². The van der Waals surface area contributed by atoms with Gasteiger partial charge in [-0.05, 0) is 44.0 Å². The highest BCUT2D eigenvalue weighted by molar-refractivity contribution is 6.04. The van der Waals surface area contributed by atoms with E-state index in [4.69, 9.17) is 4.74 Å². The highest BCUT2D eigenvalue weighted by Crippen LogP contribution is 2.24. The van der Waals surface area contributed by atoms with Gasteiger partial charge in [0.2, 0.25) is 0 Å². The van der Waals surface area contributed by atoms with E-state index >= 15 is 0 Å². The minimum atomic E-state index is -0.172. The molecule has 3 aromatic rings. The Balaban J connectivity index is 1.56. The number of hydrogen-bond donors (Lipinski definition) is 0. The number of aromatic nitrogens is 1. The van der Waals surface area contributed by atoms with Gasteiger partial charge in [-0.25, -0.2) is 0 Å². The van der Waals surface area contributed by atoms with Gasteiger partial charge in [0, 0.05) is 35.8 Å². The summed E-state index contributed by atoms with van der Waals surface area (Å²) in [6, 6.07) is 18.2. The highest BCUT2D eigenvalue weighted by Gasteiger charge is 2.22. The Kier molecular flexibility index (Phi) is 5.85. The molecular formula is C25H25N3O2. The quantitative estimate of drug-likeness (QED) is 0.451. The summed E-state index contributed by atoms with van der Waals surface area (Å²) in [7, 11) is 0. The van der Waals surface area contributed by atoms with Crippen LogP contribution in [0.1, 0.15) is 24.0 Å². The molecule has 0 N–H and O–H groups in total. The van der Waals surface area contributed by atoms with Crippen LogP contribution in [0.3, 0.4) is 0 Å². The van der Waals surface area contributed by atoms with Crippen molar-refractivity contribution < 1.29 is 9.53 Å². The van der Waals surface area contributed by atoms with Crippen molar-refractivity contribution in [3.63, 3.8) is 0 Å². The van der Waals surface area contributed by atoms with Crippen LogP contribution in [-0.4, -0.2) is 35.1 Å². The summed E-state index contributed by atoms with van der Waals surface area (Å²) >= 11 is 0. The molecule has 1 fully saturated rings. The maximum Gasteiger partial charge on any atom is 0.264 e. The minimum absolute atomic E-state index is 0.172. The molecule has 1 aliphatic heterocycles. The number of fused-ring (bicyclic) bond motifs is 1. The number of likely N-dealkylation sites (tertiary alicyclic amines) is 1. The average molecular weight is 399 g/mol. The van der Waals surface area contributed by atoms with Gasteiger partial charge >= 0.3 is 0 Å². The van der Waals surface area contributed by atoms with Crippen LogP contribution in [0, 0.1) is 18.3 Å². The van der Waals surface area contributed by atoms with Crippen molar-refractivity contribution in [2.45, 2.75) is 26.3 Å². The third kappa shape index (κ3) is 4.23. The van der Waals surface area contributed by atoms with Crippen molar-refractivity contribution in [3.05, 3.63) is 71.4 Å². The molecule has 2 heterocycles.